The molecule has 0 radical (unpaired) electrons. The first-order valence-corrected chi connectivity index (χ1v) is 7.01. The number of nitrogens with two attached hydrogens (primary N) is 1. The van der Waals surface area contributed by atoms with Crippen LogP contribution in [0.25, 0.3) is 10.8 Å². The highest BCUT2D eigenvalue weighted by atomic mass is 16.5. The average Bonchev–Trinajstić information content (AvgIpc) is 2.42. The Balaban J connectivity index is 1.97. The molecule has 2 N–H and O–H groups in total. The van der Waals surface area contributed by atoms with E-state index in [0.29, 0.717) is 5.92 Å². The number of hydrogen-bond donors (Lipinski definition) is 1. The molecule has 2 heteroatoms. The third-order valence-electron chi connectivity index (χ3n) is 4.26. The number of fused-ring (bicyclic) bond motifs is 1. The van der Waals surface area contributed by atoms with Gasteiger partial charge in [-0.1, -0.05) is 49.4 Å². The highest BCUT2D eigenvalue weighted by Crippen LogP contribution is 2.39. The third-order valence-corrected chi connectivity index (χ3v) is 4.26. The third kappa shape index (κ3) is 2.26. The first kappa shape index (κ1) is 12.6. The van der Waals surface area contributed by atoms with Gasteiger partial charge in [0.1, 0.15) is 0 Å². The van der Waals surface area contributed by atoms with Crippen molar-refractivity contribution < 1.29 is 4.74 Å². The van der Waals surface area contributed by atoms with Crippen molar-refractivity contribution >= 4 is 10.8 Å². The quantitative estimate of drug-likeness (QED) is 0.911. The van der Waals surface area contributed by atoms with Gasteiger partial charge in [0.25, 0.3) is 0 Å². The van der Waals surface area contributed by atoms with Gasteiger partial charge in [-0.2, -0.15) is 0 Å². The summed E-state index contributed by atoms with van der Waals surface area (Å²) < 4.78 is 5.51. The van der Waals surface area contributed by atoms with Crippen molar-refractivity contribution in [3.8, 4) is 0 Å². The zero-order valence-corrected chi connectivity index (χ0v) is 11.4. The summed E-state index contributed by atoms with van der Waals surface area (Å²) in [5.41, 5.74) is 7.37. The van der Waals surface area contributed by atoms with Crippen molar-refractivity contribution in [3.05, 3.63) is 48.0 Å². The van der Waals surface area contributed by atoms with Crippen molar-refractivity contribution in [1.29, 1.82) is 0 Å². The minimum atomic E-state index is 0.183. The molecule has 0 spiro atoms. The molecular weight excluding hydrogens is 234 g/mol. The first-order chi connectivity index (χ1) is 9.23. The topological polar surface area (TPSA) is 35.2 Å². The van der Waals surface area contributed by atoms with Crippen molar-refractivity contribution in [1.82, 2.24) is 0 Å². The summed E-state index contributed by atoms with van der Waals surface area (Å²) in [5, 5.41) is 2.61. The number of hydrogen-bond acceptors (Lipinski definition) is 2. The molecule has 0 aliphatic carbocycles. The van der Waals surface area contributed by atoms with E-state index in [1.165, 1.54) is 16.3 Å². The first-order valence-electron chi connectivity index (χ1n) is 7.01. The molecule has 2 aromatic carbocycles. The monoisotopic (exact) mass is 255 g/mol. The smallest absolute Gasteiger partial charge is 0.0585 e. The molecule has 1 heterocycles. The van der Waals surface area contributed by atoms with Crippen LogP contribution in [0.4, 0.5) is 0 Å². The van der Waals surface area contributed by atoms with Gasteiger partial charge in [0.05, 0.1) is 13.2 Å². The van der Waals surface area contributed by atoms with Crippen LogP contribution in [-0.4, -0.2) is 19.8 Å². The van der Waals surface area contributed by atoms with E-state index < -0.39 is 0 Å². The maximum atomic E-state index is 5.79. The minimum absolute atomic E-state index is 0.183. The lowest BCUT2D eigenvalue weighted by Crippen LogP contribution is -2.48. The lowest BCUT2D eigenvalue weighted by molar-refractivity contribution is -0.0701. The molecule has 0 bridgehead atoms. The van der Waals surface area contributed by atoms with E-state index in [9.17, 15) is 0 Å². The molecule has 1 saturated heterocycles. The molecule has 1 fully saturated rings. The van der Waals surface area contributed by atoms with Gasteiger partial charge in [0.2, 0.25) is 0 Å². The van der Waals surface area contributed by atoms with Gasteiger partial charge in [0, 0.05) is 5.41 Å². The largest absolute Gasteiger partial charge is 0.379 e. The Bertz CT molecular complexity index is 574. The Morgan fingerprint density at radius 1 is 1.16 bits per heavy atom. The lowest BCUT2D eigenvalue weighted by atomic mass is 9.72. The second-order valence-electron chi connectivity index (χ2n) is 5.88. The summed E-state index contributed by atoms with van der Waals surface area (Å²) in [4.78, 5) is 0. The van der Waals surface area contributed by atoms with Crippen LogP contribution in [0.2, 0.25) is 0 Å². The molecule has 1 aliphatic rings. The molecule has 3 rings (SSSR count). The Labute approximate surface area is 114 Å². The van der Waals surface area contributed by atoms with Gasteiger partial charge in [-0.25, -0.2) is 0 Å². The maximum Gasteiger partial charge on any atom is 0.0585 e. The standard InChI is InChI=1S/C17H21NO/c1-13(10-18)9-17(11-19-12-17)16-7-6-14-4-2-3-5-15(14)8-16/h2-8,13H,9-12,18H2,1H3. The fraction of sp³-hybridized carbons (Fsp3) is 0.412. The highest BCUT2D eigenvalue weighted by molar-refractivity contribution is 5.83. The zero-order valence-electron chi connectivity index (χ0n) is 11.4. The van der Waals surface area contributed by atoms with Crippen LogP contribution < -0.4 is 5.73 Å². The molecule has 19 heavy (non-hydrogen) atoms. The van der Waals surface area contributed by atoms with Crippen LogP contribution >= 0.6 is 0 Å². The fourth-order valence-electron chi connectivity index (χ4n) is 3.02. The summed E-state index contributed by atoms with van der Waals surface area (Å²) >= 11 is 0. The maximum absolute atomic E-state index is 5.79. The van der Waals surface area contributed by atoms with Gasteiger partial charge in [-0.3, -0.25) is 0 Å². The summed E-state index contributed by atoms with van der Waals surface area (Å²) in [7, 11) is 0. The Morgan fingerprint density at radius 3 is 2.53 bits per heavy atom. The summed E-state index contributed by atoms with van der Waals surface area (Å²) in [6.07, 6.45) is 1.11. The molecule has 0 aromatic heterocycles. The minimum Gasteiger partial charge on any atom is -0.379 e. The number of benzene rings is 2. The fourth-order valence-corrected chi connectivity index (χ4v) is 3.02. The van der Waals surface area contributed by atoms with Gasteiger partial charge in [-0.15, -0.1) is 0 Å². The molecule has 100 valence electrons. The van der Waals surface area contributed by atoms with E-state index in [-0.39, 0.29) is 5.41 Å². The van der Waals surface area contributed by atoms with Gasteiger partial charge in [0.15, 0.2) is 0 Å². The van der Waals surface area contributed by atoms with Crippen molar-refractivity contribution in [3.63, 3.8) is 0 Å². The lowest BCUT2D eigenvalue weighted by Gasteiger charge is -2.43. The van der Waals surface area contributed by atoms with Crippen molar-refractivity contribution in [2.45, 2.75) is 18.8 Å². The van der Waals surface area contributed by atoms with Crippen LogP contribution in [0.5, 0.6) is 0 Å². The summed E-state index contributed by atoms with van der Waals surface area (Å²) in [6, 6.07) is 15.3. The van der Waals surface area contributed by atoms with E-state index in [1.807, 2.05) is 0 Å². The van der Waals surface area contributed by atoms with E-state index in [4.69, 9.17) is 10.5 Å². The Hall–Kier alpha value is -1.38. The van der Waals surface area contributed by atoms with E-state index in [2.05, 4.69) is 49.4 Å². The second kappa shape index (κ2) is 4.95. The molecule has 0 amide bonds. The van der Waals surface area contributed by atoms with E-state index in [1.54, 1.807) is 0 Å². The molecule has 1 unspecified atom stereocenters. The SMILES string of the molecule is CC(CN)CC1(c2ccc3ccccc3c2)COC1. The molecule has 2 nitrogen and oxygen atoms in total. The average molecular weight is 255 g/mol. The number of rotatable bonds is 4. The van der Waals surface area contributed by atoms with Crippen LogP contribution in [-0.2, 0) is 10.2 Å². The summed E-state index contributed by atoms with van der Waals surface area (Å²) in [5.74, 6) is 0.537. The Morgan fingerprint density at radius 2 is 1.89 bits per heavy atom. The van der Waals surface area contributed by atoms with E-state index >= 15 is 0 Å². The van der Waals surface area contributed by atoms with Crippen LogP contribution in [0.15, 0.2) is 42.5 Å². The van der Waals surface area contributed by atoms with Crippen molar-refractivity contribution in [2.75, 3.05) is 19.8 Å². The highest BCUT2D eigenvalue weighted by Gasteiger charge is 2.41. The van der Waals surface area contributed by atoms with Crippen LogP contribution in [0.3, 0.4) is 0 Å². The number of ether oxygens (including phenoxy) is 1. The molecule has 1 atom stereocenters. The zero-order chi connectivity index (χ0) is 13.3. The molecular formula is C17H21NO. The molecule has 2 aromatic rings. The predicted molar refractivity (Wildman–Crippen MR) is 79.3 cm³/mol. The van der Waals surface area contributed by atoms with Gasteiger partial charge < -0.3 is 10.5 Å². The second-order valence-corrected chi connectivity index (χ2v) is 5.88. The summed E-state index contributed by atoms with van der Waals surface area (Å²) in [6.45, 7) is 4.63. The van der Waals surface area contributed by atoms with Crippen LogP contribution in [0, 0.1) is 5.92 Å². The van der Waals surface area contributed by atoms with Gasteiger partial charge >= 0.3 is 0 Å². The predicted octanol–water partition coefficient (Wildman–Crippen LogP) is 3.09. The van der Waals surface area contributed by atoms with Crippen molar-refractivity contribution in [2.24, 2.45) is 11.7 Å². The Kier molecular flexibility index (Phi) is 3.29. The molecule has 0 saturated carbocycles. The van der Waals surface area contributed by atoms with Crippen LogP contribution in [0.1, 0.15) is 18.9 Å². The normalized spacial score (nSPS) is 19.1. The van der Waals surface area contributed by atoms with E-state index in [0.717, 1.165) is 26.2 Å². The molecule has 1 aliphatic heterocycles. The van der Waals surface area contributed by atoms with Gasteiger partial charge in [-0.05, 0) is 35.2 Å².